The standard InChI is InChI=1S/C16H20N2O4/c1-12-5-4-6-13(9-12)7-8-16(21)22-11-15(20)18(3)10-14(19)17-2/h4-9H,10-11H2,1-3H3,(H,17,19)/b8-7+. The molecule has 0 aromatic heterocycles. The molecule has 1 aromatic rings. The Kier molecular flexibility index (Phi) is 6.82. The van der Waals surface area contributed by atoms with Crippen LogP contribution in [0, 0.1) is 6.92 Å². The van der Waals surface area contributed by atoms with Gasteiger partial charge in [0.05, 0.1) is 6.54 Å². The smallest absolute Gasteiger partial charge is 0.331 e. The van der Waals surface area contributed by atoms with Crippen LogP contribution >= 0.6 is 0 Å². The van der Waals surface area contributed by atoms with E-state index in [1.807, 2.05) is 31.2 Å². The Bertz CT molecular complexity index is 581. The second-order valence-electron chi connectivity index (χ2n) is 4.78. The van der Waals surface area contributed by atoms with Crippen LogP contribution in [-0.4, -0.2) is 49.9 Å². The summed E-state index contributed by atoms with van der Waals surface area (Å²) >= 11 is 0. The molecule has 1 N–H and O–H groups in total. The Morgan fingerprint density at radius 2 is 2.05 bits per heavy atom. The van der Waals surface area contributed by atoms with Crippen LogP contribution in [0.4, 0.5) is 0 Å². The zero-order chi connectivity index (χ0) is 16.5. The van der Waals surface area contributed by atoms with E-state index in [2.05, 4.69) is 5.32 Å². The molecule has 1 rings (SSSR count). The molecule has 0 radical (unpaired) electrons. The third-order valence-corrected chi connectivity index (χ3v) is 2.88. The minimum atomic E-state index is -0.608. The number of aryl methyl sites for hydroxylation is 1. The first-order chi connectivity index (χ1) is 10.4. The lowest BCUT2D eigenvalue weighted by molar-refractivity contribution is -0.148. The molecular formula is C16H20N2O4. The zero-order valence-electron chi connectivity index (χ0n) is 13.0. The van der Waals surface area contributed by atoms with Crippen molar-refractivity contribution in [2.45, 2.75) is 6.92 Å². The maximum absolute atomic E-state index is 11.7. The van der Waals surface area contributed by atoms with Crippen molar-refractivity contribution in [3.05, 3.63) is 41.5 Å². The summed E-state index contributed by atoms with van der Waals surface area (Å²) in [5.41, 5.74) is 1.96. The Balaban J connectivity index is 2.42. The van der Waals surface area contributed by atoms with E-state index in [0.717, 1.165) is 11.1 Å². The molecule has 1 aromatic carbocycles. The Morgan fingerprint density at radius 3 is 2.68 bits per heavy atom. The lowest BCUT2D eigenvalue weighted by Gasteiger charge is -2.15. The molecule has 0 saturated carbocycles. The number of amides is 2. The molecule has 2 amide bonds. The first-order valence-electron chi connectivity index (χ1n) is 6.78. The number of rotatable bonds is 6. The quantitative estimate of drug-likeness (QED) is 0.622. The number of carbonyl (C=O) groups excluding carboxylic acids is 3. The predicted octanol–water partition coefficient (Wildman–Crippen LogP) is 0.756. The molecule has 6 nitrogen and oxygen atoms in total. The van der Waals surface area contributed by atoms with Gasteiger partial charge >= 0.3 is 5.97 Å². The number of benzene rings is 1. The van der Waals surface area contributed by atoms with E-state index in [4.69, 9.17) is 4.74 Å². The van der Waals surface area contributed by atoms with E-state index < -0.39 is 18.5 Å². The Morgan fingerprint density at radius 1 is 1.32 bits per heavy atom. The van der Waals surface area contributed by atoms with E-state index in [1.165, 1.54) is 25.1 Å². The van der Waals surface area contributed by atoms with Crippen molar-refractivity contribution in [1.29, 1.82) is 0 Å². The molecule has 22 heavy (non-hydrogen) atoms. The maximum atomic E-state index is 11.7. The van der Waals surface area contributed by atoms with E-state index in [9.17, 15) is 14.4 Å². The molecular weight excluding hydrogens is 284 g/mol. The fourth-order valence-electron chi connectivity index (χ4n) is 1.61. The summed E-state index contributed by atoms with van der Waals surface area (Å²) in [6.45, 7) is 1.48. The van der Waals surface area contributed by atoms with Crippen LogP contribution in [0.25, 0.3) is 6.08 Å². The van der Waals surface area contributed by atoms with E-state index >= 15 is 0 Å². The lowest BCUT2D eigenvalue weighted by atomic mass is 10.1. The van der Waals surface area contributed by atoms with Crippen LogP contribution in [0.15, 0.2) is 30.3 Å². The van der Waals surface area contributed by atoms with Gasteiger partial charge in [0.2, 0.25) is 5.91 Å². The predicted molar refractivity (Wildman–Crippen MR) is 82.9 cm³/mol. The van der Waals surface area contributed by atoms with Gasteiger partial charge in [0.25, 0.3) is 5.91 Å². The molecule has 0 aliphatic rings. The number of nitrogens with one attached hydrogen (secondary N) is 1. The van der Waals surface area contributed by atoms with Gasteiger partial charge in [-0.1, -0.05) is 29.8 Å². The summed E-state index contributed by atoms with van der Waals surface area (Å²) in [7, 11) is 2.95. The third-order valence-electron chi connectivity index (χ3n) is 2.88. The summed E-state index contributed by atoms with van der Waals surface area (Å²) in [6.07, 6.45) is 2.88. The average Bonchev–Trinajstić information content (AvgIpc) is 2.50. The molecule has 0 bridgehead atoms. The fraction of sp³-hybridized carbons (Fsp3) is 0.312. The van der Waals surface area contributed by atoms with Gasteiger partial charge in [0, 0.05) is 20.2 Å². The van der Waals surface area contributed by atoms with Gasteiger partial charge in [-0.25, -0.2) is 4.79 Å². The summed E-state index contributed by atoms with van der Waals surface area (Å²) < 4.78 is 4.84. The van der Waals surface area contributed by atoms with Crippen LogP contribution in [0.2, 0.25) is 0 Å². The van der Waals surface area contributed by atoms with Crippen molar-refractivity contribution in [3.8, 4) is 0 Å². The molecule has 0 aliphatic carbocycles. The van der Waals surface area contributed by atoms with Gasteiger partial charge in [0.1, 0.15) is 0 Å². The van der Waals surface area contributed by atoms with Gasteiger partial charge < -0.3 is 15.0 Å². The number of nitrogens with zero attached hydrogens (tertiary/aromatic N) is 1. The lowest BCUT2D eigenvalue weighted by Crippen LogP contribution is -2.38. The first-order valence-corrected chi connectivity index (χ1v) is 6.78. The average molecular weight is 304 g/mol. The molecule has 118 valence electrons. The number of hydrogen-bond donors (Lipinski definition) is 1. The van der Waals surface area contributed by atoms with E-state index in [-0.39, 0.29) is 12.5 Å². The second kappa shape index (κ2) is 8.61. The topological polar surface area (TPSA) is 75.7 Å². The largest absolute Gasteiger partial charge is 0.452 e. The molecule has 0 heterocycles. The van der Waals surface area contributed by atoms with Crippen LogP contribution in [0.3, 0.4) is 0 Å². The number of carbonyl (C=O) groups is 3. The van der Waals surface area contributed by atoms with Crippen molar-refractivity contribution in [2.75, 3.05) is 27.2 Å². The molecule has 0 unspecified atom stereocenters. The first kappa shape index (κ1) is 17.4. The zero-order valence-corrected chi connectivity index (χ0v) is 13.0. The molecule has 0 fully saturated rings. The highest BCUT2D eigenvalue weighted by Crippen LogP contribution is 2.05. The molecule has 0 aliphatic heterocycles. The summed E-state index contributed by atoms with van der Waals surface area (Å²) in [4.78, 5) is 35.5. The molecule has 0 atom stereocenters. The SMILES string of the molecule is CNC(=O)CN(C)C(=O)COC(=O)/C=C/c1cccc(C)c1. The van der Waals surface area contributed by atoms with Crippen LogP contribution in [-0.2, 0) is 19.1 Å². The maximum Gasteiger partial charge on any atom is 0.331 e. The number of hydrogen-bond acceptors (Lipinski definition) is 4. The number of esters is 1. The van der Waals surface area contributed by atoms with E-state index in [0.29, 0.717) is 0 Å². The number of likely N-dealkylation sites (N-methyl/N-ethyl adjacent to an activating group) is 2. The van der Waals surface area contributed by atoms with Crippen LogP contribution in [0.5, 0.6) is 0 Å². The van der Waals surface area contributed by atoms with E-state index in [1.54, 1.807) is 6.08 Å². The Hall–Kier alpha value is -2.63. The van der Waals surface area contributed by atoms with Gasteiger partial charge in [-0.3, -0.25) is 9.59 Å². The normalized spacial score (nSPS) is 10.3. The summed E-state index contributed by atoms with van der Waals surface area (Å²) in [6, 6.07) is 7.62. The van der Waals surface area contributed by atoms with Crippen molar-refractivity contribution in [2.24, 2.45) is 0 Å². The van der Waals surface area contributed by atoms with Gasteiger partial charge in [0.15, 0.2) is 6.61 Å². The minimum absolute atomic E-state index is 0.0774. The highest BCUT2D eigenvalue weighted by Gasteiger charge is 2.13. The molecule has 6 heteroatoms. The van der Waals surface area contributed by atoms with Gasteiger partial charge in [-0.15, -0.1) is 0 Å². The monoisotopic (exact) mass is 304 g/mol. The Labute approximate surface area is 129 Å². The highest BCUT2D eigenvalue weighted by atomic mass is 16.5. The van der Waals surface area contributed by atoms with Crippen molar-refractivity contribution in [1.82, 2.24) is 10.2 Å². The van der Waals surface area contributed by atoms with Gasteiger partial charge in [-0.05, 0) is 18.6 Å². The minimum Gasteiger partial charge on any atom is -0.452 e. The van der Waals surface area contributed by atoms with Crippen molar-refractivity contribution in [3.63, 3.8) is 0 Å². The summed E-state index contributed by atoms with van der Waals surface area (Å²) in [5, 5.41) is 2.41. The highest BCUT2D eigenvalue weighted by molar-refractivity contribution is 5.90. The third kappa shape index (κ3) is 6.21. The van der Waals surface area contributed by atoms with Crippen LogP contribution < -0.4 is 5.32 Å². The van der Waals surface area contributed by atoms with Gasteiger partial charge in [-0.2, -0.15) is 0 Å². The second-order valence-corrected chi connectivity index (χ2v) is 4.78. The molecule has 0 saturated heterocycles. The fourth-order valence-corrected chi connectivity index (χ4v) is 1.61. The number of ether oxygens (including phenoxy) is 1. The van der Waals surface area contributed by atoms with Crippen molar-refractivity contribution >= 4 is 23.9 Å². The summed E-state index contributed by atoms with van der Waals surface area (Å²) in [5.74, 6) is -1.34. The van der Waals surface area contributed by atoms with Crippen molar-refractivity contribution < 1.29 is 19.1 Å². The van der Waals surface area contributed by atoms with Crippen LogP contribution in [0.1, 0.15) is 11.1 Å². The molecule has 0 spiro atoms.